The quantitative estimate of drug-likeness (QED) is 0.159. The Bertz CT molecular complexity index is 2280. The number of hydrogen-bond acceptors (Lipinski definition) is 10. The van der Waals surface area contributed by atoms with Gasteiger partial charge in [0, 0.05) is 42.0 Å². The fourth-order valence-corrected chi connectivity index (χ4v) is 10.0. The van der Waals surface area contributed by atoms with Gasteiger partial charge in [0.25, 0.3) is 11.8 Å². The lowest BCUT2D eigenvalue weighted by molar-refractivity contribution is -0.143. The van der Waals surface area contributed by atoms with Crippen molar-refractivity contribution < 1.29 is 38.3 Å². The molecule has 2 saturated heterocycles. The summed E-state index contributed by atoms with van der Waals surface area (Å²) < 4.78 is 11.1. The van der Waals surface area contributed by atoms with E-state index in [0.29, 0.717) is 72.0 Å². The molecule has 0 radical (unpaired) electrons. The Morgan fingerprint density at radius 3 is 1.54 bits per heavy atom. The Kier molecular flexibility index (Phi) is 21.8. The number of hydrogen-bond donors (Lipinski definition) is 0. The topological polar surface area (TPSA) is 136 Å². The van der Waals surface area contributed by atoms with E-state index in [2.05, 4.69) is 56.2 Å². The van der Waals surface area contributed by atoms with E-state index in [0.717, 1.165) is 92.0 Å². The first-order valence-electron chi connectivity index (χ1n) is 25.0. The molecule has 6 rings (SSSR count). The van der Waals surface area contributed by atoms with Crippen molar-refractivity contribution in [3.63, 3.8) is 0 Å². The molecule has 2 aromatic carbocycles. The van der Waals surface area contributed by atoms with Gasteiger partial charge in [-0.2, -0.15) is 0 Å². The van der Waals surface area contributed by atoms with Crippen molar-refractivity contribution in [2.24, 2.45) is 10.3 Å². The molecule has 0 aromatic heterocycles. The molecular weight excluding hydrogens is 892 g/mol. The molecule has 0 bridgehead atoms. The standard InChI is InChI=1S/C28H37ClN2O4.C28H38N2O4/c1-19-16-20(2)27(29)24-17-23(14-9-7-5-6-8-10-15-34-28(33)26(19)24)30-35-18-25(32)31-21(3)12-11-13-22(31)4;1-20-16-21(2)27-24(17-20)18-25(14-9-7-5-6-8-10-15-33-28(27)32)29-34-19-26(31)30-22(3)12-11-13-23(30)4/h6,8-9,14,16,21-22H,5,7,10-13,15,17-18H2,1-4H3;6,8-9,14,16-17,22-23H,5,7,10-13,15,18-19H2,1-4H3/b8-6+,14-9?,30-23-;8-6+,14-9?,29-25+. The molecule has 4 aliphatic heterocycles. The molecule has 13 heteroatoms. The summed E-state index contributed by atoms with van der Waals surface area (Å²) in [5.74, 6) is -0.796. The van der Waals surface area contributed by atoms with Gasteiger partial charge in [-0.05, 0) is 172 Å². The third-order valence-electron chi connectivity index (χ3n) is 13.1. The summed E-state index contributed by atoms with van der Waals surface area (Å²) in [4.78, 5) is 66.5. The fourth-order valence-electron chi connectivity index (χ4n) is 9.80. The van der Waals surface area contributed by atoms with Crippen LogP contribution < -0.4 is 0 Å². The number of ether oxygens (including phenoxy) is 2. The largest absolute Gasteiger partial charge is 0.462 e. The Hall–Kier alpha value is -5.49. The minimum Gasteiger partial charge on any atom is -0.462 e. The predicted octanol–water partition coefficient (Wildman–Crippen LogP) is 11.6. The van der Waals surface area contributed by atoms with Gasteiger partial charge < -0.3 is 28.9 Å². The van der Waals surface area contributed by atoms with Gasteiger partial charge in [-0.25, -0.2) is 9.59 Å². The number of likely N-dealkylation sites (tertiary alicyclic amines) is 2. The van der Waals surface area contributed by atoms with Crippen molar-refractivity contribution in [3.8, 4) is 0 Å². The van der Waals surface area contributed by atoms with Crippen LogP contribution in [0.4, 0.5) is 0 Å². The maximum Gasteiger partial charge on any atom is 0.338 e. The third kappa shape index (κ3) is 16.3. The molecule has 4 atom stereocenters. The molecule has 69 heavy (non-hydrogen) atoms. The van der Waals surface area contributed by atoms with Crippen LogP contribution in [0, 0.1) is 27.7 Å². The monoisotopic (exact) mass is 967 g/mol. The summed E-state index contributed by atoms with van der Waals surface area (Å²) in [6.07, 6.45) is 28.1. The first-order chi connectivity index (χ1) is 33.2. The molecule has 0 aliphatic carbocycles. The second-order valence-corrected chi connectivity index (χ2v) is 19.3. The van der Waals surface area contributed by atoms with Gasteiger partial charge in [-0.15, -0.1) is 0 Å². The van der Waals surface area contributed by atoms with Crippen molar-refractivity contribution in [2.75, 3.05) is 26.4 Å². The zero-order chi connectivity index (χ0) is 49.9. The molecule has 4 unspecified atom stereocenters. The van der Waals surface area contributed by atoms with E-state index in [1.54, 1.807) is 0 Å². The summed E-state index contributed by atoms with van der Waals surface area (Å²) in [5.41, 5.74) is 7.48. The Balaban J connectivity index is 0.000000258. The number of allylic oxidation sites excluding steroid dienone is 6. The molecule has 0 spiro atoms. The number of benzene rings is 2. The Morgan fingerprint density at radius 1 is 0.594 bits per heavy atom. The molecule has 0 saturated carbocycles. The van der Waals surface area contributed by atoms with Crippen LogP contribution in [-0.2, 0) is 41.6 Å². The van der Waals surface area contributed by atoms with E-state index < -0.39 is 5.97 Å². The number of rotatable bonds is 6. The average molecular weight is 968 g/mol. The number of nitrogens with zero attached hydrogens (tertiary/aromatic N) is 4. The number of carbonyl (C=O) groups is 4. The van der Waals surface area contributed by atoms with Crippen LogP contribution >= 0.6 is 11.6 Å². The fraction of sp³-hybridized carbons (Fsp3) is 0.536. The molecule has 4 heterocycles. The highest BCUT2D eigenvalue weighted by Crippen LogP contribution is 2.30. The molecule has 0 N–H and O–H groups in total. The van der Waals surface area contributed by atoms with Gasteiger partial charge in [-0.3, -0.25) is 9.59 Å². The van der Waals surface area contributed by atoms with E-state index in [1.807, 2.05) is 86.1 Å². The van der Waals surface area contributed by atoms with E-state index >= 15 is 0 Å². The van der Waals surface area contributed by atoms with Crippen LogP contribution in [0.15, 0.2) is 77.1 Å². The SMILES string of the molecule is Cc1cc(C)c2c(c1)C/C(=N/OCC(=O)N1C(C)CCCC1C)C=CCC/C=C/CCOC2=O.Cc1cc(C)c2c(c1Cl)C/C(=N\OCC(=O)N1C(C)CCCC1C)C=CCC/C=C/CCOC2=O. The van der Waals surface area contributed by atoms with Crippen LogP contribution in [0.1, 0.15) is 159 Å². The number of fused-ring (bicyclic) bond motifs is 2. The van der Waals surface area contributed by atoms with Gasteiger partial charge >= 0.3 is 11.9 Å². The normalized spacial score (nSPS) is 24.0. The van der Waals surface area contributed by atoms with Gasteiger partial charge in [0.15, 0.2) is 13.2 Å². The van der Waals surface area contributed by atoms with E-state index in [1.165, 1.54) is 0 Å². The van der Waals surface area contributed by atoms with Crippen molar-refractivity contribution in [2.45, 2.75) is 169 Å². The van der Waals surface area contributed by atoms with Gasteiger partial charge in [0.2, 0.25) is 0 Å². The maximum absolute atomic E-state index is 13.0. The van der Waals surface area contributed by atoms with Crippen molar-refractivity contribution in [1.29, 1.82) is 0 Å². The van der Waals surface area contributed by atoms with Crippen LogP contribution in [0.2, 0.25) is 5.02 Å². The molecule has 374 valence electrons. The lowest BCUT2D eigenvalue weighted by atomic mass is 9.94. The zero-order valence-corrected chi connectivity index (χ0v) is 43.1. The van der Waals surface area contributed by atoms with Crippen molar-refractivity contribution in [3.05, 3.63) is 116 Å². The predicted molar refractivity (Wildman–Crippen MR) is 275 cm³/mol. The van der Waals surface area contributed by atoms with E-state index in [-0.39, 0.29) is 55.2 Å². The van der Waals surface area contributed by atoms with Gasteiger partial charge in [-0.1, -0.05) is 82.1 Å². The minimum atomic E-state index is -0.391. The average Bonchev–Trinajstić information content (AvgIpc) is 3.28. The summed E-state index contributed by atoms with van der Waals surface area (Å²) in [6, 6.07) is 6.73. The summed E-state index contributed by atoms with van der Waals surface area (Å²) in [7, 11) is 0. The zero-order valence-electron chi connectivity index (χ0n) is 42.3. The number of oxime groups is 2. The highest BCUT2D eigenvalue weighted by Gasteiger charge is 2.31. The molecule has 2 fully saturated rings. The smallest absolute Gasteiger partial charge is 0.338 e. The van der Waals surface area contributed by atoms with E-state index in [4.69, 9.17) is 30.7 Å². The first kappa shape index (κ1) is 54.5. The first-order valence-corrected chi connectivity index (χ1v) is 25.4. The Labute approximate surface area is 415 Å². The lowest BCUT2D eigenvalue weighted by Gasteiger charge is -2.38. The van der Waals surface area contributed by atoms with Crippen LogP contribution in [-0.4, -0.2) is 95.6 Å². The molecule has 2 amide bonds. The molecule has 2 aromatic rings. The number of halogens is 1. The molecule has 12 nitrogen and oxygen atoms in total. The molecular formula is C56H75ClN4O8. The number of amides is 2. The summed E-state index contributed by atoms with van der Waals surface area (Å²) >= 11 is 6.68. The van der Waals surface area contributed by atoms with Crippen LogP contribution in [0.3, 0.4) is 0 Å². The minimum absolute atomic E-state index is 0.0327. The number of carbonyl (C=O) groups excluding carboxylic acids is 4. The second kappa shape index (κ2) is 27.6. The number of cyclic esters (lactones) is 2. The molecule has 4 aliphatic rings. The second-order valence-electron chi connectivity index (χ2n) is 19.0. The number of aryl methyl sites for hydroxylation is 4. The number of esters is 2. The number of piperidine rings is 2. The Morgan fingerprint density at radius 2 is 1.03 bits per heavy atom. The maximum atomic E-state index is 13.0. The van der Waals surface area contributed by atoms with Crippen molar-refractivity contribution in [1.82, 2.24) is 9.80 Å². The summed E-state index contributed by atoms with van der Waals surface area (Å²) in [6.45, 7) is 16.6. The highest BCUT2D eigenvalue weighted by molar-refractivity contribution is 6.33. The lowest BCUT2D eigenvalue weighted by Crippen LogP contribution is -2.48. The third-order valence-corrected chi connectivity index (χ3v) is 13.7. The van der Waals surface area contributed by atoms with Gasteiger partial charge in [0.1, 0.15) is 0 Å². The van der Waals surface area contributed by atoms with E-state index in [9.17, 15) is 19.2 Å². The van der Waals surface area contributed by atoms with Gasteiger partial charge in [0.05, 0.1) is 35.8 Å². The van der Waals surface area contributed by atoms with Crippen LogP contribution in [0.5, 0.6) is 0 Å². The summed E-state index contributed by atoms with van der Waals surface area (Å²) in [5, 5.41) is 9.17. The van der Waals surface area contributed by atoms with Crippen LogP contribution in [0.25, 0.3) is 0 Å². The highest BCUT2D eigenvalue weighted by atomic mass is 35.5. The van der Waals surface area contributed by atoms with Crippen molar-refractivity contribution >= 4 is 46.8 Å².